The summed E-state index contributed by atoms with van der Waals surface area (Å²) in [5.74, 6) is 0.903. The van der Waals surface area contributed by atoms with Crippen LogP contribution in [-0.4, -0.2) is 58.9 Å². The molecule has 3 heterocycles. The highest BCUT2D eigenvalue weighted by Gasteiger charge is 2.28. The third-order valence-corrected chi connectivity index (χ3v) is 6.68. The highest BCUT2D eigenvalue weighted by Crippen LogP contribution is 2.29. The van der Waals surface area contributed by atoms with Gasteiger partial charge in [-0.2, -0.15) is 5.10 Å². The molecule has 32 heavy (non-hydrogen) atoms. The molecule has 1 saturated heterocycles. The first-order chi connectivity index (χ1) is 15.3. The fourth-order valence-electron chi connectivity index (χ4n) is 3.98. The maximum absolute atomic E-state index is 13.4. The number of nitrogens with zero attached hydrogens (tertiary/aromatic N) is 5. The van der Waals surface area contributed by atoms with Crippen LogP contribution in [0.4, 0.5) is 5.69 Å². The number of benzene rings is 1. The largest absolute Gasteiger partial charge is 0.495 e. The Labute approximate surface area is 193 Å². The summed E-state index contributed by atoms with van der Waals surface area (Å²) in [5, 5.41) is 7.43. The molecule has 1 aromatic carbocycles. The number of amides is 1. The van der Waals surface area contributed by atoms with Gasteiger partial charge < -0.3 is 14.5 Å². The third kappa shape index (κ3) is 4.24. The summed E-state index contributed by atoms with van der Waals surface area (Å²) in [4.78, 5) is 22.3. The topological polar surface area (TPSA) is 63.5 Å². The van der Waals surface area contributed by atoms with Crippen LogP contribution in [0, 0.1) is 0 Å². The Morgan fingerprint density at radius 1 is 1.16 bits per heavy atom. The van der Waals surface area contributed by atoms with Crippen LogP contribution in [0.15, 0.2) is 35.8 Å². The van der Waals surface area contributed by atoms with Gasteiger partial charge in [-0.05, 0) is 18.6 Å². The van der Waals surface area contributed by atoms with Crippen molar-refractivity contribution >= 4 is 22.9 Å². The molecule has 0 unspecified atom stereocenters. The molecule has 170 valence electrons. The molecular formula is C24H31N5O2S. The molecule has 8 heteroatoms. The van der Waals surface area contributed by atoms with Crippen LogP contribution in [0.3, 0.4) is 0 Å². The first-order valence-corrected chi connectivity index (χ1v) is 11.9. The van der Waals surface area contributed by atoms with E-state index in [4.69, 9.17) is 9.72 Å². The fraction of sp³-hybridized carbons (Fsp3) is 0.458. The van der Waals surface area contributed by atoms with E-state index in [1.165, 1.54) is 0 Å². The van der Waals surface area contributed by atoms with E-state index in [9.17, 15) is 4.79 Å². The van der Waals surface area contributed by atoms with E-state index in [1.54, 1.807) is 24.6 Å². The lowest BCUT2D eigenvalue weighted by Crippen LogP contribution is -2.49. The van der Waals surface area contributed by atoms with Crippen LogP contribution in [0.5, 0.6) is 5.75 Å². The average molecular weight is 454 g/mol. The minimum absolute atomic E-state index is 0.0198. The molecule has 0 spiro atoms. The fourth-order valence-corrected chi connectivity index (χ4v) is 5.01. The number of hydrogen-bond donors (Lipinski definition) is 0. The zero-order valence-corrected chi connectivity index (χ0v) is 20.3. The van der Waals surface area contributed by atoms with Gasteiger partial charge in [0.05, 0.1) is 35.9 Å². The smallest absolute Gasteiger partial charge is 0.257 e. The second-order valence-electron chi connectivity index (χ2n) is 8.99. The molecule has 7 nitrogen and oxygen atoms in total. The summed E-state index contributed by atoms with van der Waals surface area (Å²) in [6, 6.07) is 8.02. The molecule has 0 saturated carbocycles. The van der Waals surface area contributed by atoms with Crippen molar-refractivity contribution in [1.29, 1.82) is 0 Å². The molecular weight excluding hydrogens is 422 g/mol. The summed E-state index contributed by atoms with van der Waals surface area (Å²) in [5.41, 5.74) is 3.68. The second kappa shape index (κ2) is 8.94. The molecule has 0 bridgehead atoms. The number of carbonyl (C=O) groups is 1. The number of carbonyl (C=O) groups excluding carboxylic acids is 1. The molecule has 1 fully saturated rings. The van der Waals surface area contributed by atoms with E-state index in [2.05, 4.69) is 49.1 Å². The standard InChI is InChI=1S/C24H31N5O2S/c1-6-18-17(15-25-29(18)23-26-21(16-32-23)24(2,3)4)22(30)28-13-11-27(12-14-28)19-9-7-8-10-20(19)31-5/h7-10,15-16H,6,11-14H2,1-5H3. The van der Waals surface area contributed by atoms with Crippen LogP contribution in [-0.2, 0) is 11.8 Å². The van der Waals surface area contributed by atoms with Crippen LogP contribution in [0.1, 0.15) is 49.4 Å². The number of methoxy groups -OCH3 is 1. The summed E-state index contributed by atoms with van der Waals surface area (Å²) in [7, 11) is 1.69. The number of rotatable bonds is 5. The Kier molecular flexibility index (Phi) is 6.24. The van der Waals surface area contributed by atoms with E-state index in [1.807, 2.05) is 27.8 Å². The van der Waals surface area contributed by atoms with E-state index in [0.717, 1.165) is 41.0 Å². The van der Waals surface area contributed by atoms with E-state index < -0.39 is 0 Å². The molecule has 1 aliphatic heterocycles. The number of ether oxygens (including phenoxy) is 1. The predicted molar refractivity (Wildman–Crippen MR) is 128 cm³/mol. The molecule has 1 aliphatic rings. The number of aromatic nitrogens is 3. The highest BCUT2D eigenvalue weighted by atomic mass is 32.1. The zero-order chi connectivity index (χ0) is 22.9. The van der Waals surface area contributed by atoms with E-state index in [0.29, 0.717) is 25.1 Å². The van der Waals surface area contributed by atoms with Gasteiger partial charge in [0, 0.05) is 37.0 Å². The predicted octanol–water partition coefficient (Wildman–Crippen LogP) is 4.16. The maximum atomic E-state index is 13.4. The Morgan fingerprint density at radius 3 is 2.50 bits per heavy atom. The lowest BCUT2D eigenvalue weighted by Gasteiger charge is -2.36. The number of para-hydroxylation sites is 2. The Morgan fingerprint density at radius 2 is 1.88 bits per heavy atom. The Bertz CT molecular complexity index is 1090. The van der Waals surface area contributed by atoms with Crippen molar-refractivity contribution in [2.24, 2.45) is 0 Å². The number of anilines is 1. The second-order valence-corrected chi connectivity index (χ2v) is 9.82. The van der Waals surface area contributed by atoms with Gasteiger partial charge in [-0.15, -0.1) is 11.3 Å². The van der Waals surface area contributed by atoms with Crippen LogP contribution < -0.4 is 9.64 Å². The molecule has 0 radical (unpaired) electrons. The summed E-state index contributed by atoms with van der Waals surface area (Å²) < 4.78 is 7.33. The van der Waals surface area contributed by atoms with Gasteiger partial charge in [0.1, 0.15) is 5.75 Å². The molecule has 0 N–H and O–H groups in total. The maximum Gasteiger partial charge on any atom is 0.257 e. The molecule has 3 aromatic rings. The van der Waals surface area contributed by atoms with Gasteiger partial charge in [0.25, 0.3) is 5.91 Å². The van der Waals surface area contributed by atoms with Gasteiger partial charge >= 0.3 is 0 Å². The van der Waals surface area contributed by atoms with E-state index in [-0.39, 0.29) is 11.3 Å². The monoisotopic (exact) mass is 453 g/mol. The minimum Gasteiger partial charge on any atom is -0.495 e. The lowest BCUT2D eigenvalue weighted by molar-refractivity contribution is 0.0745. The average Bonchev–Trinajstić information content (AvgIpc) is 3.45. The molecule has 0 atom stereocenters. The SMILES string of the molecule is CCc1c(C(=O)N2CCN(c3ccccc3OC)CC2)cnn1-c1nc(C(C)(C)C)cs1. The normalized spacial score (nSPS) is 14.7. The van der Waals surface area contributed by atoms with Crippen molar-refractivity contribution in [3.05, 3.63) is 52.8 Å². The van der Waals surface area contributed by atoms with Crippen LogP contribution in [0.2, 0.25) is 0 Å². The zero-order valence-electron chi connectivity index (χ0n) is 19.5. The first kappa shape index (κ1) is 22.3. The van der Waals surface area contributed by atoms with Crippen molar-refractivity contribution in [1.82, 2.24) is 19.7 Å². The van der Waals surface area contributed by atoms with E-state index >= 15 is 0 Å². The van der Waals surface area contributed by atoms with Crippen molar-refractivity contribution in [2.75, 3.05) is 38.2 Å². The molecule has 1 amide bonds. The van der Waals surface area contributed by atoms with Crippen molar-refractivity contribution < 1.29 is 9.53 Å². The number of hydrogen-bond acceptors (Lipinski definition) is 6. The van der Waals surface area contributed by atoms with Gasteiger partial charge in [-0.25, -0.2) is 9.67 Å². The summed E-state index contributed by atoms with van der Waals surface area (Å²) in [6.45, 7) is 11.4. The van der Waals surface area contributed by atoms with Crippen molar-refractivity contribution in [3.8, 4) is 10.9 Å². The minimum atomic E-state index is -0.0198. The summed E-state index contributed by atoms with van der Waals surface area (Å²) in [6.07, 6.45) is 2.42. The quantitative estimate of drug-likeness (QED) is 0.580. The van der Waals surface area contributed by atoms with Gasteiger partial charge in [0.15, 0.2) is 0 Å². The molecule has 4 rings (SSSR count). The van der Waals surface area contributed by atoms with Crippen molar-refractivity contribution in [2.45, 2.75) is 39.5 Å². The highest BCUT2D eigenvalue weighted by molar-refractivity contribution is 7.12. The molecule has 0 aliphatic carbocycles. The van der Waals surface area contributed by atoms with Gasteiger partial charge in [-0.3, -0.25) is 4.79 Å². The van der Waals surface area contributed by atoms with Crippen LogP contribution >= 0.6 is 11.3 Å². The van der Waals surface area contributed by atoms with Crippen LogP contribution in [0.25, 0.3) is 5.13 Å². The van der Waals surface area contributed by atoms with Gasteiger partial charge in [-0.1, -0.05) is 39.8 Å². The Balaban J connectivity index is 1.50. The number of piperazine rings is 1. The Hall–Kier alpha value is -2.87. The number of thiazole rings is 1. The first-order valence-electron chi connectivity index (χ1n) is 11.0. The lowest BCUT2D eigenvalue weighted by atomic mass is 9.93. The van der Waals surface area contributed by atoms with Gasteiger partial charge in [0.2, 0.25) is 5.13 Å². The summed E-state index contributed by atoms with van der Waals surface area (Å²) >= 11 is 1.57. The molecule has 2 aromatic heterocycles. The third-order valence-electron chi connectivity index (χ3n) is 5.87. The van der Waals surface area contributed by atoms with Crippen molar-refractivity contribution in [3.63, 3.8) is 0 Å².